The number of terminal acetylenes is 1. The number of aliphatic carboxylic acids is 1. The number of carbonyl (C=O) groups is 2. The van der Waals surface area contributed by atoms with E-state index in [1.165, 1.54) is 4.90 Å². The number of carbonyl (C=O) groups excluding carboxylic acids is 1. The molecule has 6 nitrogen and oxygen atoms in total. The Kier molecular flexibility index (Phi) is 4.79. The fourth-order valence-corrected chi connectivity index (χ4v) is 1.66. The molecule has 0 saturated carbocycles. The number of carboxylic acid groups (broad SMARTS) is 1. The van der Waals surface area contributed by atoms with E-state index in [9.17, 15) is 9.59 Å². The summed E-state index contributed by atoms with van der Waals surface area (Å²) in [7, 11) is 1.59. The van der Waals surface area contributed by atoms with Gasteiger partial charge in [0.1, 0.15) is 6.04 Å². The maximum Gasteiger partial charge on any atom is 0.327 e. The lowest BCUT2D eigenvalue weighted by Crippen LogP contribution is -2.47. The van der Waals surface area contributed by atoms with Crippen LogP contribution in [0.3, 0.4) is 0 Å². The zero-order chi connectivity index (χ0) is 12.8. The topological polar surface area (TPSA) is 78.9 Å². The lowest BCUT2D eigenvalue weighted by Gasteiger charge is -2.19. The van der Waals surface area contributed by atoms with Gasteiger partial charge in [-0.3, -0.25) is 0 Å². The molecule has 1 aliphatic rings. The van der Waals surface area contributed by atoms with Gasteiger partial charge in [0.05, 0.1) is 6.10 Å². The number of amides is 2. The van der Waals surface area contributed by atoms with Crippen molar-refractivity contribution < 1.29 is 19.4 Å². The first-order chi connectivity index (χ1) is 8.08. The summed E-state index contributed by atoms with van der Waals surface area (Å²) in [5.74, 6) is 1.10. The van der Waals surface area contributed by atoms with Crippen molar-refractivity contribution in [1.29, 1.82) is 0 Å². The summed E-state index contributed by atoms with van der Waals surface area (Å²) >= 11 is 0. The van der Waals surface area contributed by atoms with E-state index in [-0.39, 0.29) is 12.5 Å². The molecular formula is C11H16N2O4. The van der Waals surface area contributed by atoms with Gasteiger partial charge in [-0.25, -0.2) is 9.59 Å². The molecule has 1 fully saturated rings. The van der Waals surface area contributed by atoms with Gasteiger partial charge < -0.3 is 20.1 Å². The zero-order valence-corrected chi connectivity index (χ0v) is 9.68. The van der Waals surface area contributed by atoms with Crippen molar-refractivity contribution >= 4 is 12.0 Å². The second-order valence-corrected chi connectivity index (χ2v) is 3.84. The second-order valence-electron chi connectivity index (χ2n) is 3.84. The van der Waals surface area contributed by atoms with Crippen molar-refractivity contribution in [3.05, 3.63) is 0 Å². The van der Waals surface area contributed by atoms with Gasteiger partial charge in [0.2, 0.25) is 0 Å². The lowest BCUT2D eigenvalue weighted by atomic mass is 10.2. The number of rotatable bonds is 4. The number of ether oxygens (including phenoxy) is 1. The van der Waals surface area contributed by atoms with Crippen LogP contribution in [0.25, 0.3) is 0 Å². The number of nitrogens with zero attached hydrogens (tertiary/aromatic N) is 1. The molecule has 0 aromatic carbocycles. The van der Waals surface area contributed by atoms with E-state index >= 15 is 0 Å². The number of likely N-dealkylation sites (tertiary alicyclic amines) is 1. The summed E-state index contributed by atoms with van der Waals surface area (Å²) in [4.78, 5) is 24.1. The smallest absolute Gasteiger partial charge is 0.327 e. The Morgan fingerprint density at radius 1 is 1.71 bits per heavy atom. The largest absolute Gasteiger partial charge is 0.480 e. The average molecular weight is 240 g/mol. The second kappa shape index (κ2) is 6.11. The summed E-state index contributed by atoms with van der Waals surface area (Å²) in [5, 5.41) is 11.2. The van der Waals surface area contributed by atoms with Crippen LogP contribution in [0.4, 0.5) is 4.79 Å². The van der Waals surface area contributed by atoms with Crippen LogP contribution in [0.5, 0.6) is 0 Å². The molecule has 2 unspecified atom stereocenters. The van der Waals surface area contributed by atoms with Gasteiger partial charge in [0.25, 0.3) is 0 Å². The maximum absolute atomic E-state index is 11.7. The van der Waals surface area contributed by atoms with Crippen LogP contribution in [0.1, 0.15) is 12.8 Å². The highest BCUT2D eigenvalue weighted by Gasteiger charge is 2.28. The number of carboxylic acids is 1. The summed E-state index contributed by atoms with van der Waals surface area (Å²) in [6, 6.07) is -1.44. The Bertz CT molecular complexity index is 337. The molecule has 0 spiro atoms. The van der Waals surface area contributed by atoms with Crippen LogP contribution >= 0.6 is 0 Å². The highest BCUT2D eigenvalue weighted by atomic mass is 16.5. The fourth-order valence-electron chi connectivity index (χ4n) is 1.66. The number of methoxy groups -OCH3 is 1. The summed E-state index contributed by atoms with van der Waals surface area (Å²) in [6.45, 7) is 1.04. The van der Waals surface area contributed by atoms with Gasteiger partial charge in [-0.15, -0.1) is 12.3 Å². The van der Waals surface area contributed by atoms with E-state index in [0.717, 1.165) is 6.42 Å². The Morgan fingerprint density at radius 3 is 2.88 bits per heavy atom. The Hall–Kier alpha value is -1.74. The molecule has 6 heteroatoms. The number of hydrogen-bond donors (Lipinski definition) is 2. The van der Waals surface area contributed by atoms with Gasteiger partial charge in [-0.2, -0.15) is 0 Å². The number of hydrogen-bond acceptors (Lipinski definition) is 3. The molecule has 1 aliphatic heterocycles. The van der Waals surface area contributed by atoms with E-state index in [0.29, 0.717) is 13.1 Å². The van der Waals surface area contributed by atoms with Gasteiger partial charge in [-0.05, 0) is 6.42 Å². The monoisotopic (exact) mass is 240 g/mol. The third kappa shape index (κ3) is 3.64. The van der Waals surface area contributed by atoms with Crippen molar-refractivity contribution in [3.63, 3.8) is 0 Å². The third-order valence-corrected chi connectivity index (χ3v) is 2.68. The molecular weight excluding hydrogens is 224 g/mol. The molecule has 0 radical (unpaired) electrons. The Balaban J connectivity index is 2.48. The minimum absolute atomic E-state index is 0.0247. The van der Waals surface area contributed by atoms with Crippen molar-refractivity contribution in [2.45, 2.75) is 25.0 Å². The van der Waals surface area contributed by atoms with Crippen LogP contribution in [0, 0.1) is 12.3 Å². The van der Waals surface area contributed by atoms with E-state index in [2.05, 4.69) is 11.2 Å². The predicted molar refractivity (Wildman–Crippen MR) is 60.4 cm³/mol. The molecule has 2 N–H and O–H groups in total. The van der Waals surface area contributed by atoms with Crippen molar-refractivity contribution in [2.24, 2.45) is 0 Å². The molecule has 0 bridgehead atoms. The Morgan fingerprint density at radius 2 is 2.41 bits per heavy atom. The first kappa shape index (κ1) is 13.3. The van der Waals surface area contributed by atoms with Crippen molar-refractivity contribution in [3.8, 4) is 12.3 Å². The van der Waals surface area contributed by atoms with Crippen molar-refractivity contribution in [2.75, 3.05) is 20.2 Å². The molecule has 17 heavy (non-hydrogen) atoms. The molecule has 1 saturated heterocycles. The standard InChI is InChI=1S/C11H16N2O4/c1-3-4-9(10(14)15)12-11(16)13-6-5-8(7-13)17-2/h1,8-9H,4-7H2,2H3,(H,12,16)(H,14,15). The van der Waals surface area contributed by atoms with Crippen LogP contribution in [0.15, 0.2) is 0 Å². The molecule has 94 valence electrons. The van der Waals surface area contributed by atoms with E-state index < -0.39 is 18.0 Å². The summed E-state index contributed by atoms with van der Waals surface area (Å²) in [5.41, 5.74) is 0. The number of nitrogens with one attached hydrogen (secondary N) is 1. The minimum atomic E-state index is -1.13. The van der Waals surface area contributed by atoms with Gasteiger partial charge >= 0.3 is 12.0 Å². The zero-order valence-electron chi connectivity index (χ0n) is 9.68. The lowest BCUT2D eigenvalue weighted by molar-refractivity contribution is -0.139. The Labute approximate surface area is 99.9 Å². The highest BCUT2D eigenvalue weighted by molar-refractivity contribution is 5.83. The molecule has 2 atom stereocenters. The highest BCUT2D eigenvalue weighted by Crippen LogP contribution is 2.11. The van der Waals surface area contributed by atoms with E-state index in [1.807, 2.05) is 0 Å². The first-order valence-corrected chi connectivity index (χ1v) is 5.33. The normalized spacial score (nSPS) is 20.7. The molecule has 0 aromatic heterocycles. The van der Waals surface area contributed by atoms with Crippen LogP contribution < -0.4 is 5.32 Å². The van der Waals surface area contributed by atoms with Crippen LogP contribution in [-0.4, -0.2) is 54.4 Å². The third-order valence-electron chi connectivity index (χ3n) is 2.68. The number of urea groups is 1. The van der Waals surface area contributed by atoms with Crippen LogP contribution in [0.2, 0.25) is 0 Å². The summed E-state index contributed by atoms with van der Waals surface area (Å²) in [6.07, 6.45) is 5.80. The molecule has 0 aliphatic carbocycles. The molecule has 1 rings (SSSR count). The first-order valence-electron chi connectivity index (χ1n) is 5.33. The average Bonchev–Trinajstić information content (AvgIpc) is 2.76. The van der Waals surface area contributed by atoms with Gasteiger partial charge in [0.15, 0.2) is 0 Å². The molecule has 0 aromatic rings. The van der Waals surface area contributed by atoms with E-state index in [4.69, 9.17) is 16.3 Å². The maximum atomic E-state index is 11.7. The summed E-state index contributed by atoms with van der Waals surface area (Å²) < 4.78 is 5.12. The fraction of sp³-hybridized carbons (Fsp3) is 0.636. The van der Waals surface area contributed by atoms with Crippen molar-refractivity contribution in [1.82, 2.24) is 10.2 Å². The molecule has 2 amide bonds. The van der Waals surface area contributed by atoms with Gasteiger partial charge in [-0.1, -0.05) is 0 Å². The molecule has 1 heterocycles. The minimum Gasteiger partial charge on any atom is -0.480 e. The quantitative estimate of drug-likeness (QED) is 0.672. The van der Waals surface area contributed by atoms with E-state index in [1.54, 1.807) is 7.11 Å². The predicted octanol–water partition coefficient (Wildman–Crippen LogP) is -0.107. The van der Waals surface area contributed by atoms with Crippen LogP contribution in [-0.2, 0) is 9.53 Å². The van der Waals surface area contributed by atoms with Gasteiger partial charge in [0, 0.05) is 26.6 Å². The SMILES string of the molecule is C#CCC(NC(=O)N1CCC(OC)C1)C(=O)O.